The zero-order valence-corrected chi connectivity index (χ0v) is 10.1. The van der Waals surface area contributed by atoms with Crippen molar-refractivity contribution in [2.75, 3.05) is 33.2 Å². The highest BCUT2D eigenvalue weighted by molar-refractivity contribution is 5.35. The number of hydrogen-bond acceptors (Lipinski definition) is 3. The lowest BCUT2D eigenvalue weighted by Gasteiger charge is -2.32. The van der Waals surface area contributed by atoms with Gasteiger partial charge in [0.05, 0.1) is 0 Å². The predicted molar refractivity (Wildman–Crippen MR) is 65.6 cm³/mol. The number of benzene rings is 1. The summed E-state index contributed by atoms with van der Waals surface area (Å²) in [4.78, 5) is 4.78. The van der Waals surface area contributed by atoms with Crippen LogP contribution in [-0.2, 0) is 6.54 Å². The van der Waals surface area contributed by atoms with E-state index in [4.69, 9.17) is 0 Å². The molecule has 1 aliphatic rings. The van der Waals surface area contributed by atoms with Crippen molar-refractivity contribution < 1.29 is 5.11 Å². The van der Waals surface area contributed by atoms with Crippen LogP contribution in [0.2, 0.25) is 0 Å². The molecule has 0 spiro atoms. The Morgan fingerprint density at radius 2 is 1.88 bits per heavy atom. The fourth-order valence-electron chi connectivity index (χ4n) is 2.02. The van der Waals surface area contributed by atoms with Crippen LogP contribution in [0.5, 0.6) is 5.75 Å². The summed E-state index contributed by atoms with van der Waals surface area (Å²) in [5.41, 5.74) is 2.15. The van der Waals surface area contributed by atoms with Crippen LogP contribution in [0, 0.1) is 6.92 Å². The molecule has 1 aromatic rings. The Hall–Kier alpha value is -1.06. The van der Waals surface area contributed by atoms with Gasteiger partial charge in [0.2, 0.25) is 0 Å². The normalized spacial score (nSPS) is 18.9. The zero-order chi connectivity index (χ0) is 11.5. The van der Waals surface area contributed by atoms with Crippen LogP contribution in [0.1, 0.15) is 11.1 Å². The summed E-state index contributed by atoms with van der Waals surface area (Å²) in [5, 5.41) is 9.64. The van der Waals surface area contributed by atoms with Crippen molar-refractivity contribution in [3.63, 3.8) is 0 Å². The van der Waals surface area contributed by atoms with Crippen molar-refractivity contribution in [2.24, 2.45) is 0 Å². The third-order valence-electron chi connectivity index (χ3n) is 3.28. The van der Waals surface area contributed by atoms with Gasteiger partial charge in [0, 0.05) is 32.7 Å². The molecule has 3 heteroatoms. The number of likely N-dealkylation sites (N-methyl/N-ethyl adjacent to an activating group) is 1. The van der Waals surface area contributed by atoms with Crippen molar-refractivity contribution in [1.82, 2.24) is 9.80 Å². The summed E-state index contributed by atoms with van der Waals surface area (Å²) in [7, 11) is 2.16. The fraction of sp³-hybridized carbons (Fsp3) is 0.538. The smallest absolute Gasteiger partial charge is 0.118 e. The maximum atomic E-state index is 9.64. The van der Waals surface area contributed by atoms with Gasteiger partial charge in [-0.05, 0) is 31.2 Å². The highest BCUT2D eigenvalue weighted by atomic mass is 16.3. The van der Waals surface area contributed by atoms with Crippen molar-refractivity contribution >= 4 is 0 Å². The van der Waals surface area contributed by atoms with E-state index in [1.807, 2.05) is 19.1 Å². The van der Waals surface area contributed by atoms with E-state index < -0.39 is 0 Å². The van der Waals surface area contributed by atoms with E-state index in [-0.39, 0.29) is 0 Å². The van der Waals surface area contributed by atoms with E-state index in [9.17, 15) is 5.11 Å². The highest BCUT2D eigenvalue weighted by Crippen LogP contribution is 2.18. The lowest BCUT2D eigenvalue weighted by atomic mass is 10.1. The van der Waals surface area contributed by atoms with Gasteiger partial charge in [-0.25, -0.2) is 0 Å². The molecule has 0 atom stereocenters. The number of rotatable bonds is 2. The Labute approximate surface area is 97.3 Å². The Balaban J connectivity index is 1.96. The van der Waals surface area contributed by atoms with Gasteiger partial charge in [0.15, 0.2) is 0 Å². The van der Waals surface area contributed by atoms with E-state index in [0.29, 0.717) is 5.75 Å². The first-order valence-electron chi connectivity index (χ1n) is 5.84. The molecule has 1 aliphatic heterocycles. The van der Waals surface area contributed by atoms with E-state index in [1.54, 1.807) is 0 Å². The summed E-state index contributed by atoms with van der Waals surface area (Å²) in [6.45, 7) is 7.38. The lowest BCUT2D eigenvalue weighted by molar-refractivity contribution is 0.148. The van der Waals surface area contributed by atoms with E-state index in [2.05, 4.69) is 22.9 Å². The molecular weight excluding hydrogens is 200 g/mol. The molecule has 1 saturated heterocycles. The molecule has 0 unspecified atom stereocenters. The second-order valence-electron chi connectivity index (χ2n) is 4.70. The first kappa shape index (κ1) is 11.4. The minimum atomic E-state index is 0.409. The largest absolute Gasteiger partial charge is 0.508 e. The summed E-state index contributed by atoms with van der Waals surface area (Å²) in [6.07, 6.45) is 0. The van der Waals surface area contributed by atoms with Crippen LogP contribution >= 0.6 is 0 Å². The molecule has 1 heterocycles. The molecule has 2 rings (SSSR count). The van der Waals surface area contributed by atoms with Gasteiger partial charge in [0.1, 0.15) is 5.75 Å². The topological polar surface area (TPSA) is 26.7 Å². The first-order valence-corrected chi connectivity index (χ1v) is 5.84. The summed E-state index contributed by atoms with van der Waals surface area (Å²) < 4.78 is 0. The van der Waals surface area contributed by atoms with Gasteiger partial charge < -0.3 is 10.0 Å². The molecule has 0 aliphatic carbocycles. The summed E-state index contributed by atoms with van der Waals surface area (Å²) in [6, 6.07) is 5.97. The Morgan fingerprint density at radius 3 is 2.50 bits per heavy atom. The molecule has 0 saturated carbocycles. The molecule has 1 N–H and O–H groups in total. The average Bonchev–Trinajstić information content (AvgIpc) is 2.27. The summed E-state index contributed by atoms with van der Waals surface area (Å²) >= 11 is 0. The Bertz CT molecular complexity index is 357. The van der Waals surface area contributed by atoms with Crippen molar-refractivity contribution in [2.45, 2.75) is 13.5 Å². The second kappa shape index (κ2) is 4.85. The first-order chi connectivity index (χ1) is 7.65. The molecule has 16 heavy (non-hydrogen) atoms. The quantitative estimate of drug-likeness (QED) is 0.817. The van der Waals surface area contributed by atoms with Crippen molar-refractivity contribution in [1.29, 1.82) is 0 Å². The number of phenols is 1. The van der Waals surface area contributed by atoms with E-state index >= 15 is 0 Å². The number of piperazine rings is 1. The number of aromatic hydroxyl groups is 1. The predicted octanol–water partition coefficient (Wildman–Crippen LogP) is 1.45. The van der Waals surface area contributed by atoms with Gasteiger partial charge >= 0.3 is 0 Å². The standard InChI is InChI=1S/C13H20N2O/c1-11-3-4-12(9-13(11)16)10-15-7-5-14(2)6-8-15/h3-4,9,16H,5-8,10H2,1-2H3. The highest BCUT2D eigenvalue weighted by Gasteiger charge is 2.13. The molecule has 0 bridgehead atoms. The fourth-order valence-corrected chi connectivity index (χ4v) is 2.02. The molecule has 0 amide bonds. The van der Waals surface area contributed by atoms with Gasteiger partial charge in [0.25, 0.3) is 0 Å². The second-order valence-corrected chi connectivity index (χ2v) is 4.70. The number of hydrogen-bond donors (Lipinski definition) is 1. The van der Waals surface area contributed by atoms with Crippen LogP contribution < -0.4 is 0 Å². The molecule has 0 aromatic heterocycles. The van der Waals surface area contributed by atoms with Gasteiger partial charge in [-0.3, -0.25) is 4.90 Å². The van der Waals surface area contributed by atoms with Crippen molar-refractivity contribution in [3.8, 4) is 5.75 Å². The van der Waals surface area contributed by atoms with Crippen LogP contribution in [0.4, 0.5) is 0 Å². The minimum absolute atomic E-state index is 0.409. The third-order valence-corrected chi connectivity index (χ3v) is 3.28. The Morgan fingerprint density at radius 1 is 1.19 bits per heavy atom. The van der Waals surface area contributed by atoms with Gasteiger partial charge in [-0.2, -0.15) is 0 Å². The molecule has 3 nitrogen and oxygen atoms in total. The number of nitrogens with zero attached hydrogens (tertiary/aromatic N) is 2. The van der Waals surface area contributed by atoms with E-state index in [1.165, 1.54) is 5.56 Å². The number of phenolic OH excluding ortho intramolecular Hbond substituents is 1. The van der Waals surface area contributed by atoms with Gasteiger partial charge in [-0.1, -0.05) is 12.1 Å². The van der Waals surface area contributed by atoms with Gasteiger partial charge in [-0.15, -0.1) is 0 Å². The Kier molecular flexibility index (Phi) is 3.46. The van der Waals surface area contributed by atoms with E-state index in [0.717, 1.165) is 38.3 Å². The van der Waals surface area contributed by atoms with Crippen LogP contribution in [0.25, 0.3) is 0 Å². The molecule has 1 aromatic carbocycles. The van der Waals surface area contributed by atoms with Crippen molar-refractivity contribution in [3.05, 3.63) is 29.3 Å². The van der Waals surface area contributed by atoms with Crippen LogP contribution in [-0.4, -0.2) is 48.1 Å². The minimum Gasteiger partial charge on any atom is -0.508 e. The summed E-state index contributed by atoms with van der Waals surface area (Å²) in [5.74, 6) is 0.409. The lowest BCUT2D eigenvalue weighted by Crippen LogP contribution is -2.43. The SMILES string of the molecule is Cc1ccc(CN2CCN(C)CC2)cc1O. The maximum absolute atomic E-state index is 9.64. The molecule has 1 fully saturated rings. The van der Waals surface area contributed by atoms with Crippen LogP contribution in [0.15, 0.2) is 18.2 Å². The molecular formula is C13H20N2O. The zero-order valence-electron chi connectivity index (χ0n) is 10.1. The monoisotopic (exact) mass is 220 g/mol. The average molecular weight is 220 g/mol. The third kappa shape index (κ3) is 2.74. The molecule has 0 radical (unpaired) electrons. The number of aryl methyl sites for hydroxylation is 1. The maximum Gasteiger partial charge on any atom is 0.118 e. The van der Waals surface area contributed by atoms with Crippen LogP contribution in [0.3, 0.4) is 0 Å². The molecule has 88 valence electrons.